The highest BCUT2D eigenvalue weighted by Gasteiger charge is 2.14. The molecule has 100 valence electrons. The van der Waals surface area contributed by atoms with Gasteiger partial charge in [-0.05, 0) is 13.8 Å². The fourth-order valence-electron chi connectivity index (χ4n) is 1.35. The number of ether oxygens (including phenoxy) is 2. The smallest absolute Gasteiger partial charge is 0.348 e. The second kappa shape index (κ2) is 6.82. The maximum Gasteiger partial charge on any atom is 0.348 e. The topological polar surface area (TPSA) is 96.5 Å². The van der Waals surface area contributed by atoms with Gasteiger partial charge < -0.3 is 9.47 Å². The largest absolute Gasteiger partial charge is 0.351 e. The Morgan fingerprint density at radius 2 is 2.06 bits per heavy atom. The van der Waals surface area contributed by atoms with Crippen molar-refractivity contribution in [3.63, 3.8) is 0 Å². The standard InChI is InChI=1S/C10H15N3O5/c1-3-17-9(18-4-2)7-12-6-8(13(15)16)5-11-10(12)14/h5-6,9H,3-4,7H2,1-2H3. The molecule has 1 heterocycles. The van der Waals surface area contributed by atoms with Crippen molar-refractivity contribution in [3.8, 4) is 0 Å². The quantitative estimate of drug-likeness (QED) is 0.402. The zero-order valence-electron chi connectivity index (χ0n) is 10.2. The normalized spacial score (nSPS) is 10.8. The lowest BCUT2D eigenvalue weighted by Gasteiger charge is -2.17. The highest BCUT2D eigenvalue weighted by molar-refractivity contribution is 5.20. The third-order valence-electron chi connectivity index (χ3n) is 2.10. The fraction of sp³-hybridized carbons (Fsp3) is 0.600. The lowest BCUT2D eigenvalue weighted by Crippen LogP contribution is -2.31. The first-order chi connectivity index (χ1) is 8.58. The Labute approximate surface area is 103 Å². The van der Waals surface area contributed by atoms with Crippen molar-refractivity contribution in [1.82, 2.24) is 9.55 Å². The first kappa shape index (κ1) is 14.3. The summed E-state index contributed by atoms with van der Waals surface area (Å²) in [5.41, 5.74) is -0.827. The van der Waals surface area contributed by atoms with Crippen molar-refractivity contribution in [2.24, 2.45) is 0 Å². The van der Waals surface area contributed by atoms with Gasteiger partial charge in [0.15, 0.2) is 6.29 Å². The van der Waals surface area contributed by atoms with E-state index in [1.807, 2.05) is 0 Å². The van der Waals surface area contributed by atoms with Gasteiger partial charge in [0.1, 0.15) is 6.20 Å². The SMILES string of the molecule is CCOC(Cn1cc([N+](=O)[O-])cnc1=O)OCC. The number of hydrogen-bond donors (Lipinski definition) is 0. The Morgan fingerprint density at radius 1 is 1.44 bits per heavy atom. The van der Waals surface area contributed by atoms with Gasteiger partial charge >= 0.3 is 11.4 Å². The maximum atomic E-state index is 11.5. The van der Waals surface area contributed by atoms with Gasteiger partial charge in [0.25, 0.3) is 0 Å². The van der Waals surface area contributed by atoms with Crippen LogP contribution in [0.3, 0.4) is 0 Å². The van der Waals surface area contributed by atoms with Crippen molar-refractivity contribution in [3.05, 3.63) is 33.0 Å². The van der Waals surface area contributed by atoms with E-state index < -0.39 is 16.9 Å². The van der Waals surface area contributed by atoms with Crippen LogP contribution in [0.5, 0.6) is 0 Å². The summed E-state index contributed by atoms with van der Waals surface area (Å²) in [7, 11) is 0. The molecule has 0 spiro atoms. The second-order valence-electron chi connectivity index (χ2n) is 3.34. The first-order valence-electron chi connectivity index (χ1n) is 5.52. The molecule has 18 heavy (non-hydrogen) atoms. The van der Waals surface area contributed by atoms with Crippen LogP contribution in [0.4, 0.5) is 5.69 Å². The van der Waals surface area contributed by atoms with Crippen LogP contribution in [-0.2, 0) is 16.0 Å². The van der Waals surface area contributed by atoms with E-state index in [-0.39, 0.29) is 12.2 Å². The minimum atomic E-state index is -0.624. The van der Waals surface area contributed by atoms with E-state index >= 15 is 0 Å². The summed E-state index contributed by atoms with van der Waals surface area (Å²) >= 11 is 0. The molecule has 0 fully saturated rings. The van der Waals surface area contributed by atoms with Gasteiger partial charge in [-0.1, -0.05) is 0 Å². The van der Waals surface area contributed by atoms with Gasteiger partial charge in [0.05, 0.1) is 17.7 Å². The molecular formula is C10H15N3O5. The van der Waals surface area contributed by atoms with Crippen LogP contribution in [-0.4, -0.2) is 34.0 Å². The summed E-state index contributed by atoms with van der Waals surface area (Å²) in [4.78, 5) is 24.9. The molecule has 0 radical (unpaired) electrons. The van der Waals surface area contributed by atoms with Gasteiger partial charge in [-0.25, -0.2) is 4.79 Å². The Morgan fingerprint density at radius 3 is 2.56 bits per heavy atom. The van der Waals surface area contributed by atoms with Crippen LogP contribution in [0.25, 0.3) is 0 Å². The van der Waals surface area contributed by atoms with E-state index in [2.05, 4.69) is 4.98 Å². The first-order valence-corrected chi connectivity index (χ1v) is 5.52. The van der Waals surface area contributed by atoms with Crippen LogP contribution < -0.4 is 5.69 Å². The number of aromatic nitrogens is 2. The third kappa shape index (κ3) is 3.90. The molecule has 0 aliphatic heterocycles. The van der Waals surface area contributed by atoms with E-state index in [0.29, 0.717) is 13.2 Å². The fourth-order valence-corrected chi connectivity index (χ4v) is 1.35. The molecule has 0 aliphatic carbocycles. The molecule has 0 aromatic carbocycles. The molecule has 0 bridgehead atoms. The van der Waals surface area contributed by atoms with E-state index in [1.165, 1.54) is 0 Å². The van der Waals surface area contributed by atoms with Crippen LogP contribution in [0.15, 0.2) is 17.2 Å². The molecule has 1 aromatic rings. The summed E-state index contributed by atoms with van der Waals surface area (Å²) < 4.78 is 11.6. The predicted octanol–water partition coefficient (Wildman–Crippen LogP) is 0.551. The third-order valence-corrected chi connectivity index (χ3v) is 2.10. The number of nitrogens with zero attached hydrogens (tertiary/aromatic N) is 3. The van der Waals surface area contributed by atoms with Crippen LogP contribution in [0.1, 0.15) is 13.8 Å². The summed E-state index contributed by atoms with van der Waals surface area (Å²) in [6.45, 7) is 4.49. The summed E-state index contributed by atoms with van der Waals surface area (Å²) in [5, 5.41) is 10.6. The van der Waals surface area contributed by atoms with E-state index in [9.17, 15) is 14.9 Å². The van der Waals surface area contributed by atoms with Crippen LogP contribution in [0.2, 0.25) is 0 Å². The summed E-state index contributed by atoms with van der Waals surface area (Å²) in [6.07, 6.45) is 1.43. The number of hydrogen-bond acceptors (Lipinski definition) is 6. The molecule has 0 aliphatic rings. The predicted molar refractivity (Wildman–Crippen MR) is 62.2 cm³/mol. The summed E-state index contributed by atoms with van der Waals surface area (Å²) in [5.74, 6) is 0. The van der Waals surface area contributed by atoms with Crippen molar-refractivity contribution in [2.75, 3.05) is 13.2 Å². The van der Waals surface area contributed by atoms with Gasteiger partial charge in [0.2, 0.25) is 0 Å². The molecule has 0 saturated carbocycles. The van der Waals surface area contributed by atoms with Gasteiger partial charge in [-0.3, -0.25) is 14.7 Å². The van der Waals surface area contributed by atoms with Gasteiger partial charge in [0, 0.05) is 13.2 Å². The van der Waals surface area contributed by atoms with E-state index in [0.717, 1.165) is 17.0 Å². The van der Waals surface area contributed by atoms with Gasteiger partial charge in [-0.15, -0.1) is 0 Å². The van der Waals surface area contributed by atoms with Crippen LogP contribution in [0, 0.1) is 10.1 Å². The molecule has 0 atom stereocenters. The molecule has 0 amide bonds. The average Bonchev–Trinajstić information content (AvgIpc) is 2.32. The maximum absolute atomic E-state index is 11.5. The monoisotopic (exact) mass is 257 g/mol. The Hall–Kier alpha value is -1.80. The Balaban J connectivity index is 2.90. The lowest BCUT2D eigenvalue weighted by molar-refractivity contribution is -0.385. The van der Waals surface area contributed by atoms with Crippen molar-refractivity contribution < 1.29 is 14.4 Å². The lowest BCUT2D eigenvalue weighted by atomic mass is 10.5. The minimum absolute atomic E-state index is 0.0647. The molecule has 0 N–H and O–H groups in total. The zero-order chi connectivity index (χ0) is 13.5. The number of rotatable bonds is 7. The molecule has 8 heteroatoms. The summed E-state index contributed by atoms with van der Waals surface area (Å²) in [6, 6.07) is 0. The van der Waals surface area contributed by atoms with Crippen LogP contribution >= 0.6 is 0 Å². The van der Waals surface area contributed by atoms with Crippen molar-refractivity contribution >= 4 is 5.69 Å². The minimum Gasteiger partial charge on any atom is -0.351 e. The zero-order valence-corrected chi connectivity index (χ0v) is 10.2. The van der Waals surface area contributed by atoms with E-state index in [4.69, 9.17) is 9.47 Å². The van der Waals surface area contributed by atoms with Crippen molar-refractivity contribution in [1.29, 1.82) is 0 Å². The second-order valence-corrected chi connectivity index (χ2v) is 3.34. The molecule has 0 saturated heterocycles. The van der Waals surface area contributed by atoms with E-state index in [1.54, 1.807) is 13.8 Å². The number of nitro groups is 1. The Kier molecular flexibility index (Phi) is 5.40. The molecular weight excluding hydrogens is 242 g/mol. The molecule has 1 aromatic heterocycles. The highest BCUT2D eigenvalue weighted by atomic mass is 16.7. The molecule has 1 rings (SSSR count). The van der Waals surface area contributed by atoms with Crippen molar-refractivity contribution in [2.45, 2.75) is 26.7 Å². The molecule has 0 unspecified atom stereocenters. The Bertz CT molecular complexity index is 453. The average molecular weight is 257 g/mol. The van der Waals surface area contributed by atoms with Gasteiger partial charge in [-0.2, -0.15) is 4.98 Å². The molecule has 8 nitrogen and oxygen atoms in total. The highest BCUT2D eigenvalue weighted by Crippen LogP contribution is 2.06.